The monoisotopic (exact) mass is 339 g/mol. The van der Waals surface area contributed by atoms with Gasteiger partial charge in [-0.05, 0) is 29.8 Å². The fraction of sp³-hybridized carbons (Fsp3) is 0. The molecule has 0 bridgehead atoms. The van der Waals surface area contributed by atoms with Crippen molar-refractivity contribution in [2.75, 3.05) is 0 Å². The zero-order chi connectivity index (χ0) is 14.1. The lowest BCUT2D eigenvalue weighted by Crippen LogP contribution is -3.00. The third-order valence-corrected chi connectivity index (χ3v) is 3.96. The van der Waals surface area contributed by atoms with Crippen LogP contribution in [0.5, 0.6) is 0 Å². The Kier molecular flexibility index (Phi) is 4.83. The summed E-state index contributed by atoms with van der Waals surface area (Å²) in [6.45, 7) is 0. The molecule has 0 fully saturated rings. The quantitative estimate of drug-likeness (QED) is 0.732. The fourth-order valence-electron chi connectivity index (χ4n) is 2.02. The molecular formula is C15H10Cl2FN2S-. The number of para-hydroxylation sites is 1. The predicted octanol–water partition coefficient (Wildman–Crippen LogP) is 1.48. The van der Waals surface area contributed by atoms with E-state index in [-0.39, 0.29) is 23.0 Å². The first-order chi connectivity index (χ1) is 9.66. The molecule has 0 saturated carbocycles. The predicted molar refractivity (Wildman–Crippen MR) is 79.9 cm³/mol. The van der Waals surface area contributed by atoms with E-state index in [9.17, 15) is 4.39 Å². The van der Waals surface area contributed by atoms with Crippen LogP contribution in [0.4, 0.5) is 4.39 Å². The van der Waals surface area contributed by atoms with E-state index in [0.29, 0.717) is 10.7 Å². The number of halogens is 3. The van der Waals surface area contributed by atoms with E-state index in [1.54, 1.807) is 34.9 Å². The van der Waals surface area contributed by atoms with E-state index in [0.717, 1.165) is 11.3 Å². The lowest BCUT2D eigenvalue weighted by Gasteiger charge is -2.09. The molecule has 2 nitrogen and oxygen atoms in total. The zero-order valence-corrected chi connectivity index (χ0v) is 13.0. The van der Waals surface area contributed by atoms with Crippen LogP contribution in [0, 0.1) is 11.2 Å². The van der Waals surface area contributed by atoms with E-state index >= 15 is 0 Å². The van der Waals surface area contributed by atoms with Crippen molar-refractivity contribution < 1.29 is 16.8 Å². The van der Waals surface area contributed by atoms with Crippen LogP contribution in [0.3, 0.4) is 0 Å². The van der Waals surface area contributed by atoms with Crippen LogP contribution in [0.25, 0.3) is 16.9 Å². The molecule has 0 aliphatic rings. The van der Waals surface area contributed by atoms with Crippen LogP contribution in [-0.4, -0.2) is 4.57 Å². The molecule has 3 aromatic rings. The summed E-state index contributed by atoms with van der Waals surface area (Å²) in [6.07, 6.45) is 0. The van der Waals surface area contributed by atoms with E-state index in [2.05, 4.69) is 0 Å². The Morgan fingerprint density at radius 3 is 2.38 bits per heavy atom. The molecule has 1 aromatic heterocycles. The summed E-state index contributed by atoms with van der Waals surface area (Å²) in [7, 11) is 0. The molecule has 0 saturated heterocycles. The molecule has 1 heterocycles. The summed E-state index contributed by atoms with van der Waals surface area (Å²) in [4.78, 5) is 0.278. The lowest BCUT2D eigenvalue weighted by molar-refractivity contribution is -0.00000458. The molecule has 21 heavy (non-hydrogen) atoms. The van der Waals surface area contributed by atoms with Gasteiger partial charge in [0.15, 0.2) is 4.80 Å². The van der Waals surface area contributed by atoms with Gasteiger partial charge in [-0.1, -0.05) is 35.9 Å². The first-order valence-electron chi connectivity index (χ1n) is 5.93. The molecular weight excluding hydrogens is 330 g/mol. The average Bonchev–Trinajstić information content (AvgIpc) is 2.82. The minimum Gasteiger partial charge on any atom is -1.00 e. The number of aromatic nitrogens is 1. The summed E-state index contributed by atoms with van der Waals surface area (Å²) >= 11 is 7.15. The third kappa shape index (κ3) is 3.02. The van der Waals surface area contributed by atoms with Crippen molar-refractivity contribution >= 4 is 22.9 Å². The summed E-state index contributed by atoms with van der Waals surface area (Å²) in [5.41, 5.74) is 2.05. The van der Waals surface area contributed by atoms with Crippen LogP contribution in [0.1, 0.15) is 0 Å². The topological polar surface area (TPSA) is 28.8 Å². The van der Waals surface area contributed by atoms with Gasteiger partial charge in [-0.25, -0.2) is 4.39 Å². The van der Waals surface area contributed by atoms with Crippen LogP contribution >= 0.6 is 22.9 Å². The molecule has 0 unspecified atom stereocenters. The van der Waals surface area contributed by atoms with Crippen molar-refractivity contribution in [2.24, 2.45) is 0 Å². The largest absolute Gasteiger partial charge is 1.00 e. The highest BCUT2D eigenvalue weighted by Crippen LogP contribution is 2.25. The molecule has 0 spiro atoms. The smallest absolute Gasteiger partial charge is 0.187 e. The van der Waals surface area contributed by atoms with Crippen molar-refractivity contribution in [3.05, 3.63) is 69.6 Å². The molecule has 3 rings (SSSR count). The fourth-order valence-corrected chi connectivity index (χ4v) is 2.91. The number of nitrogens with zero attached hydrogens (tertiary/aromatic N) is 1. The summed E-state index contributed by atoms with van der Waals surface area (Å²) in [6, 6.07) is 13.7. The molecule has 1 N–H and O–H groups in total. The van der Waals surface area contributed by atoms with Crippen molar-refractivity contribution in [1.29, 1.82) is 5.41 Å². The standard InChI is InChI=1S/C15H10ClFN2S.ClH/c16-11-7-5-10(6-8-11)14-9-20-15(18)19(14)13-4-2-1-3-12(13)17;/h1-9,18H;1H/p-1. The Hall–Kier alpha value is -1.62. The van der Waals surface area contributed by atoms with Crippen LogP contribution in [-0.2, 0) is 0 Å². The van der Waals surface area contributed by atoms with Gasteiger partial charge >= 0.3 is 0 Å². The Labute approximate surface area is 136 Å². The normalized spacial score (nSPS) is 10.2. The number of benzene rings is 2. The Morgan fingerprint density at radius 1 is 1.05 bits per heavy atom. The van der Waals surface area contributed by atoms with Gasteiger partial charge < -0.3 is 12.4 Å². The Morgan fingerprint density at radius 2 is 1.71 bits per heavy atom. The van der Waals surface area contributed by atoms with E-state index in [1.165, 1.54) is 17.4 Å². The number of hydrogen-bond acceptors (Lipinski definition) is 2. The minimum absolute atomic E-state index is 0. The van der Waals surface area contributed by atoms with E-state index in [4.69, 9.17) is 17.0 Å². The van der Waals surface area contributed by atoms with Crippen LogP contribution in [0.15, 0.2) is 53.9 Å². The van der Waals surface area contributed by atoms with E-state index < -0.39 is 0 Å². The maximum absolute atomic E-state index is 14.0. The van der Waals surface area contributed by atoms with Gasteiger partial charge in [-0.15, -0.1) is 11.3 Å². The first-order valence-corrected chi connectivity index (χ1v) is 7.18. The van der Waals surface area contributed by atoms with Crippen LogP contribution < -0.4 is 17.2 Å². The van der Waals surface area contributed by atoms with Gasteiger partial charge in [-0.2, -0.15) is 0 Å². The molecule has 2 aromatic carbocycles. The van der Waals surface area contributed by atoms with Gasteiger partial charge in [0.2, 0.25) is 0 Å². The second-order valence-electron chi connectivity index (χ2n) is 4.22. The molecule has 0 aliphatic carbocycles. The van der Waals surface area contributed by atoms with Gasteiger partial charge in [0.25, 0.3) is 0 Å². The van der Waals surface area contributed by atoms with Gasteiger partial charge in [0, 0.05) is 10.4 Å². The van der Waals surface area contributed by atoms with Crippen molar-refractivity contribution in [1.82, 2.24) is 4.57 Å². The number of rotatable bonds is 2. The molecule has 0 amide bonds. The highest BCUT2D eigenvalue weighted by Gasteiger charge is 2.12. The van der Waals surface area contributed by atoms with Crippen LogP contribution in [0.2, 0.25) is 5.02 Å². The van der Waals surface area contributed by atoms with Gasteiger partial charge in [0.1, 0.15) is 5.82 Å². The lowest BCUT2D eigenvalue weighted by atomic mass is 10.1. The Bertz CT molecular complexity index is 809. The molecule has 0 atom stereocenters. The highest BCUT2D eigenvalue weighted by molar-refractivity contribution is 7.07. The second kappa shape index (κ2) is 6.43. The molecule has 6 heteroatoms. The third-order valence-electron chi connectivity index (χ3n) is 2.96. The second-order valence-corrected chi connectivity index (χ2v) is 5.51. The maximum atomic E-state index is 14.0. The number of hydrogen-bond donors (Lipinski definition) is 1. The maximum Gasteiger partial charge on any atom is 0.187 e. The molecule has 108 valence electrons. The van der Waals surface area contributed by atoms with Gasteiger partial charge in [0.05, 0.1) is 11.4 Å². The highest BCUT2D eigenvalue weighted by atomic mass is 35.5. The summed E-state index contributed by atoms with van der Waals surface area (Å²) in [5, 5.41) is 10.5. The Balaban J connectivity index is 0.00000161. The first kappa shape index (κ1) is 15.8. The number of nitrogens with one attached hydrogen (secondary N) is 1. The summed E-state index contributed by atoms with van der Waals surface area (Å²) < 4.78 is 15.6. The summed E-state index contributed by atoms with van der Waals surface area (Å²) in [5.74, 6) is -0.348. The average molecular weight is 340 g/mol. The van der Waals surface area contributed by atoms with Crippen molar-refractivity contribution in [2.45, 2.75) is 0 Å². The van der Waals surface area contributed by atoms with Crippen molar-refractivity contribution in [3.63, 3.8) is 0 Å². The van der Waals surface area contributed by atoms with Gasteiger partial charge in [-0.3, -0.25) is 9.98 Å². The zero-order valence-electron chi connectivity index (χ0n) is 10.7. The number of thiazole rings is 1. The minimum atomic E-state index is -0.348. The molecule has 0 radical (unpaired) electrons. The van der Waals surface area contributed by atoms with Crippen molar-refractivity contribution in [3.8, 4) is 16.9 Å². The SMILES string of the molecule is N=c1scc(-c2ccc(Cl)cc2)n1-c1ccccc1F.[Cl-]. The molecule has 0 aliphatic heterocycles. The van der Waals surface area contributed by atoms with E-state index in [1.807, 2.05) is 17.5 Å².